The molecule has 200 valence electrons. The minimum atomic E-state index is -0.631. The van der Waals surface area contributed by atoms with Crippen LogP contribution in [-0.2, 0) is 16.1 Å². The van der Waals surface area contributed by atoms with Crippen LogP contribution in [-0.4, -0.2) is 57.3 Å². The molecule has 1 saturated heterocycles. The van der Waals surface area contributed by atoms with E-state index in [2.05, 4.69) is 11.8 Å². The van der Waals surface area contributed by atoms with Gasteiger partial charge in [-0.2, -0.15) is 0 Å². The predicted molar refractivity (Wildman–Crippen MR) is 154 cm³/mol. The lowest BCUT2D eigenvalue weighted by atomic mass is 10.0. The Bertz CT molecular complexity index is 1530. The first-order valence-electron chi connectivity index (χ1n) is 13.5. The van der Waals surface area contributed by atoms with Gasteiger partial charge in [-0.05, 0) is 49.2 Å². The Hall–Kier alpha value is -3.84. The SMILES string of the molecule is Cc1ccc(Cl)cc1N1CCN(C(=O)C[C@H]2C(=O)N(Cc3ccccc3)[C@H](C)c3nc4ccccc4n32)CC1. The van der Waals surface area contributed by atoms with Crippen molar-refractivity contribution in [3.8, 4) is 0 Å². The molecule has 3 aromatic carbocycles. The van der Waals surface area contributed by atoms with Crippen molar-refractivity contribution >= 4 is 40.1 Å². The van der Waals surface area contributed by atoms with Crippen LogP contribution >= 0.6 is 11.6 Å². The third-order valence-electron chi connectivity index (χ3n) is 8.05. The summed E-state index contributed by atoms with van der Waals surface area (Å²) in [6.07, 6.45) is 0.111. The van der Waals surface area contributed by atoms with Gasteiger partial charge in [0.25, 0.3) is 0 Å². The molecule has 2 atom stereocenters. The lowest BCUT2D eigenvalue weighted by Gasteiger charge is -2.40. The van der Waals surface area contributed by atoms with Crippen molar-refractivity contribution in [3.05, 3.63) is 94.8 Å². The molecule has 0 unspecified atom stereocenters. The largest absolute Gasteiger partial charge is 0.368 e. The molecule has 4 aromatic rings. The van der Waals surface area contributed by atoms with Crippen LogP contribution in [0.3, 0.4) is 0 Å². The Balaban J connectivity index is 1.25. The van der Waals surface area contributed by atoms with Crippen LogP contribution in [0.15, 0.2) is 72.8 Å². The van der Waals surface area contributed by atoms with E-state index in [1.165, 1.54) is 5.56 Å². The van der Waals surface area contributed by atoms with E-state index in [0.29, 0.717) is 24.7 Å². The molecule has 1 aromatic heterocycles. The molecule has 7 nitrogen and oxygen atoms in total. The number of carbonyl (C=O) groups excluding carboxylic acids is 2. The maximum atomic E-state index is 14.1. The molecule has 0 spiro atoms. The summed E-state index contributed by atoms with van der Waals surface area (Å²) in [5.41, 5.74) is 5.07. The zero-order chi connectivity index (χ0) is 27.1. The van der Waals surface area contributed by atoms with Gasteiger partial charge in [-0.3, -0.25) is 9.59 Å². The third-order valence-corrected chi connectivity index (χ3v) is 8.29. The summed E-state index contributed by atoms with van der Waals surface area (Å²) in [7, 11) is 0. The Morgan fingerprint density at radius 2 is 1.69 bits per heavy atom. The molecule has 39 heavy (non-hydrogen) atoms. The van der Waals surface area contributed by atoms with Gasteiger partial charge >= 0.3 is 0 Å². The number of halogens is 1. The molecule has 2 aliphatic heterocycles. The molecule has 0 bridgehead atoms. The molecule has 2 aliphatic rings. The quantitative estimate of drug-likeness (QED) is 0.340. The summed E-state index contributed by atoms with van der Waals surface area (Å²) in [4.78, 5) is 38.7. The van der Waals surface area contributed by atoms with Crippen LogP contribution in [0.5, 0.6) is 0 Å². The van der Waals surface area contributed by atoms with E-state index in [-0.39, 0.29) is 24.3 Å². The standard InChI is InChI=1S/C31H32ClN5O2/c1-21-12-13-24(32)18-27(21)34-14-16-35(17-15-34)29(38)19-28-31(39)36(20-23-8-4-3-5-9-23)22(2)30-33-25-10-6-7-11-26(25)37(28)30/h3-13,18,22,28H,14-17,19-20H2,1-2H3/t22-,28+/m1/s1. The number of aromatic nitrogens is 2. The van der Waals surface area contributed by atoms with Gasteiger partial charge in [0, 0.05) is 43.4 Å². The van der Waals surface area contributed by atoms with Gasteiger partial charge in [-0.15, -0.1) is 0 Å². The summed E-state index contributed by atoms with van der Waals surface area (Å²) in [5.74, 6) is 0.781. The maximum Gasteiger partial charge on any atom is 0.247 e. The Labute approximate surface area is 233 Å². The zero-order valence-corrected chi connectivity index (χ0v) is 23.0. The number of para-hydroxylation sites is 2. The van der Waals surface area contributed by atoms with E-state index in [1.54, 1.807) is 0 Å². The zero-order valence-electron chi connectivity index (χ0n) is 22.3. The van der Waals surface area contributed by atoms with Crippen LogP contribution in [0.2, 0.25) is 5.02 Å². The highest BCUT2D eigenvalue weighted by atomic mass is 35.5. The van der Waals surface area contributed by atoms with E-state index in [4.69, 9.17) is 16.6 Å². The maximum absolute atomic E-state index is 14.1. The highest BCUT2D eigenvalue weighted by Crippen LogP contribution is 2.37. The van der Waals surface area contributed by atoms with Crippen molar-refractivity contribution in [3.63, 3.8) is 0 Å². The molecular weight excluding hydrogens is 510 g/mol. The van der Waals surface area contributed by atoms with Crippen molar-refractivity contribution in [2.45, 2.75) is 38.9 Å². The van der Waals surface area contributed by atoms with Crippen LogP contribution < -0.4 is 4.90 Å². The van der Waals surface area contributed by atoms with Crippen LogP contribution in [0.1, 0.15) is 42.4 Å². The van der Waals surface area contributed by atoms with Crippen molar-refractivity contribution in [2.24, 2.45) is 0 Å². The van der Waals surface area contributed by atoms with Crippen LogP contribution in [0, 0.1) is 6.92 Å². The van der Waals surface area contributed by atoms with Crippen molar-refractivity contribution in [1.29, 1.82) is 0 Å². The summed E-state index contributed by atoms with van der Waals surface area (Å²) < 4.78 is 2.01. The molecule has 8 heteroatoms. The number of fused-ring (bicyclic) bond motifs is 3. The molecule has 0 radical (unpaired) electrons. The monoisotopic (exact) mass is 541 g/mol. The van der Waals surface area contributed by atoms with Crippen molar-refractivity contribution in [2.75, 3.05) is 31.1 Å². The number of nitrogens with zero attached hydrogens (tertiary/aromatic N) is 5. The second-order valence-electron chi connectivity index (χ2n) is 10.5. The lowest BCUT2D eigenvalue weighted by Crippen LogP contribution is -2.51. The van der Waals surface area contributed by atoms with E-state index in [0.717, 1.165) is 41.2 Å². The Morgan fingerprint density at radius 1 is 0.974 bits per heavy atom. The average Bonchev–Trinajstić information content (AvgIpc) is 3.35. The highest BCUT2D eigenvalue weighted by Gasteiger charge is 2.41. The number of rotatable bonds is 5. The van der Waals surface area contributed by atoms with Gasteiger partial charge in [0.05, 0.1) is 23.5 Å². The second kappa shape index (κ2) is 10.4. The fourth-order valence-corrected chi connectivity index (χ4v) is 6.07. The summed E-state index contributed by atoms with van der Waals surface area (Å²) in [6.45, 7) is 7.23. The van der Waals surface area contributed by atoms with Gasteiger partial charge in [-0.1, -0.05) is 60.1 Å². The summed E-state index contributed by atoms with van der Waals surface area (Å²) in [6, 6.07) is 22.9. The van der Waals surface area contributed by atoms with Crippen molar-refractivity contribution < 1.29 is 9.59 Å². The van der Waals surface area contributed by atoms with E-state index >= 15 is 0 Å². The fraction of sp³-hybridized carbons (Fsp3) is 0.323. The first-order valence-corrected chi connectivity index (χ1v) is 13.9. The number of amides is 2. The lowest BCUT2D eigenvalue weighted by molar-refractivity contribution is -0.144. The number of hydrogen-bond acceptors (Lipinski definition) is 4. The number of anilines is 1. The fourth-order valence-electron chi connectivity index (χ4n) is 5.91. The number of carbonyl (C=O) groups is 2. The summed E-state index contributed by atoms with van der Waals surface area (Å²) in [5, 5.41) is 0.711. The van der Waals surface area contributed by atoms with Crippen molar-refractivity contribution in [1.82, 2.24) is 19.4 Å². The molecule has 2 amide bonds. The molecule has 0 aliphatic carbocycles. The van der Waals surface area contributed by atoms with Gasteiger partial charge < -0.3 is 19.3 Å². The van der Waals surface area contributed by atoms with Crippen LogP contribution in [0.25, 0.3) is 11.0 Å². The number of benzene rings is 3. The highest BCUT2D eigenvalue weighted by molar-refractivity contribution is 6.30. The third kappa shape index (κ3) is 4.76. The molecule has 3 heterocycles. The molecule has 6 rings (SSSR count). The Kier molecular flexibility index (Phi) is 6.77. The topological polar surface area (TPSA) is 61.7 Å². The minimum Gasteiger partial charge on any atom is -0.368 e. The molecule has 0 saturated carbocycles. The normalized spacial score (nSPS) is 19.5. The van der Waals surface area contributed by atoms with Gasteiger partial charge in [0.1, 0.15) is 11.9 Å². The molecule has 0 N–H and O–H groups in total. The van der Waals surface area contributed by atoms with E-state index in [1.807, 2.05) is 94.1 Å². The molecular formula is C31H32ClN5O2. The first kappa shape index (κ1) is 25.4. The van der Waals surface area contributed by atoms with E-state index < -0.39 is 6.04 Å². The summed E-state index contributed by atoms with van der Waals surface area (Å²) >= 11 is 6.25. The molecule has 1 fully saturated rings. The van der Waals surface area contributed by atoms with E-state index in [9.17, 15) is 9.59 Å². The van der Waals surface area contributed by atoms with Gasteiger partial charge in [0.15, 0.2) is 0 Å². The average molecular weight is 542 g/mol. The number of imidazole rings is 1. The van der Waals surface area contributed by atoms with Crippen LogP contribution in [0.4, 0.5) is 5.69 Å². The Morgan fingerprint density at radius 3 is 2.46 bits per heavy atom. The number of hydrogen-bond donors (Lipinski definition) is 0. The number of aryl methyl sites for hydroxylation is 1. The minimum absolute atomic E-state index is 0.00578. The predicted octanol–water partition coefficient (Wildman–Crippen LogP) is 5.38. The smallest absolute Gasteiger partial charge is 0.247 e. The number of piperazine rings is 1. The van der Waals surface area contributed by atoms with Gasteiger partial charge in [0.2, 0.25) is 11.8 Å². The second-order valence-corrected chi connectivity index (χ2v) is 10.9. The van der Waals surface area contributed by atoms with Gasteiger partial charge in [-0.25, -0.2) is 4.98 Å². The first-order chi connectivity index (χ1) is 18.9.